The number of aromatic hydroxyl groups is 1. The first-order valence-corrected chi connectivity index (χ1v) is 27.9. The molecule has 2 aliphatic carbocycles. The maximum atomic E-state index is 14.4. The van der Waals surface area contributed by atoms with Gasteiger partial charge < -0.3 is 55.4 Å². The summed E-state index contributed by atoms with van der Waals surface area (Å²) in [5.41, 5.74) is 5.08. The first-order chi connectivity index (χ1) is 36.5. The number of hydrogen-bond donors (Lipinski definition) is 5. The number of para-hydroxylation sites is 1. The van der Waals surface area contributed by atoms with Crippen LogP contribution < -0.4 is 30.5 Å². The van der Waals surface area contributed by atoms with Crippen LogP contribution in [0, 0.1) is 23.7 Å². The summed E-state index contributed by atoms with van der Waals surface area (Å²) in [5.74, 6) is 1.95. The van der Waals surface area contributed by atoms with Crippen molar-refractivity contribution in [2.45, 2.75) is 135 Å². The molecule has 0 radical (unpaired) electrons. The number of carbonyl (C=O) groups is 3. The smallest absolute Gasteiger partial charge is 0.246 e. The van der Waals surface area contributed by atoms with Gasteiger partial charge in [-0.1, -0.05) is 45.0 Å². The molecule has 0 bridgehead atoms. The lowest BCUT2D eigenvalue weighted by atomic mass is 9.56. The Labute approximate surface area is 448 Å². The van der Waals surface area contributed by atoms with Gasteiger partial charge in [0.2, 0.25) is 23.7 Å². The van der Waals surface area contributed by atoms with Gasteiger partial charge in [-0.15, -0.1) is 10.2 Å². The Kier molecular flexibility index (Phi) is 15.8. The first-order valence-electron chi connectivity index (χ1n) is 27.9. The third-order valence-electron chi connectivity index (χ3n) is 17.4. The molecule has 4 aliphatic heterocycles. The zero-order valence-electron chi connectivity index (χ0n) is 45.5. The van der Waals surface area contributed by atoms with Crippen molar-refractivity contribution in [3.8, 4) is 22.8 Å². The van der Waals surface area contributed by atoms with Crippen LogP contribution in [0.15, 0.2) is 60.9 Å². The van der Waals surface area contributed by atoms with Crippen LogP contribution in [0.1, 0.15) is 108 Å². The molecule has 3 saturated heterocycles. The number of nitrogens with zero attached hydrogens (tertiary/aromatic N) is 9. The Bertz CT molecular complexity index is 2690. The highest BCUT2D eigenvalue weighted by molar-refractivity contribution is 5.93. The lowest BCUT2D eigenvalue weighted by molar-refractivity contribution is -0.145. The summed E-state index contributed by atoms with van der Waals surface area (Å²) in [7, 11) is 4.06. The lowest BCUT2D eigenvalue weighted by Gasteiger charge is -2.55. The molecule has 2 saturated carbocycles. The van der Waals surface area contributed by atoms with Crippen molar-refractivity contribution < 1.29 is 29.3 Å². The normalized spacial score (nSPS) is 25.3. The van der Waals surface area contributed by atoms with E-state index in [0.29, 0.717) is 29.8 Å². The molecular formula is C58H80N12O6. The number of aromatic nitrogens is 4. The molecule has 2 aromatic heterocycles. The van der Waals surface area contributed by atoms with Gasteiger partial charge >= 0.3 is 0 Å². The molecule has 4 aromatic rings. The van der Waals surface area contributed by atoms with Gasteiger partial charge in [-0.3, -0.25) is 14.4 Å². The molecule has 4 atom stereocenters. The third kappa shape index (κ3) is 11.7. The lowest BCUT2D eigenvalue weighted by Crippen LogP contribution is -2.59. The number of aliphatic hydroxyl groups excluding tert-OH is 1. The Morgan fingerprint density at radius 1 is 0.921 bits per heavy atom. The van der Waals surface area contributed by atoms with Crippen LogP contribution in [0.3, 0.4) is 0 Å². The van der Waals surface area contributed by atoms with Crippen LogP contribution >= 0.6 is 0 Å². The third-order valence-corrected chi connectivity index (χ3v) is 17.4. The number of β-amino-alcohol motifs (C(OH)–C–C–N with tert-alkyl or cyclic N) is 1. The van der Waals surface area contributed by atoms with E-state index in [0.717, 1.165) is 125 Å². The minimum Gasteiger partial charge on any atom is -0.507 e. The summed E-state index contributed by atoms with van der Waals surface area (Å²) in [6.45, 7) is 14.8. The number of piperidine rings is 1. The van der Waals surface area contributed by atoms with E-state index >= 15 is 0 Å². The quantitative estimate of drug-likeness (QED) is 0.0903. The highest BCUT2D eigenvalue weighted by Gasteiger charge is 2.50. The van der Waals surface area contributed by atoms with Crippen molar-refractivity contribution in [3.63, 3.8) is 0 Å². The van der Waals surface area contributed by atoms with Crippen LogP contribution in [0.2, 0.25) is 0 Å². The van der Waals surface area contributed by atoms with Crippen molar-refractivity contribution >= 4 is 35.2 Å². The second-order valence-corrected chi connectivity index (χ2v) is 24.2. The molecule has 76 heavy (non-hydrogen) atoms. The zero-order valence-corrected chi connectivity index (χ0v) is 45.5. The van der Waals surface area contributed by atoms with Crippen LogP contribution in [0.5, 0.6) is 11.5 Å². The van der Waals surface area contributed by atoms with Crippen LogP contribution in [0.4, 0.5) is 17.5 Å². The average molecular weight is 1040 g/mol. The highest BCUT2D eigenvalue weighted by Crippen LogP contribution is 2.55. The van der Waals surface area contributed by atoms with Crippen LogP contribution in [0.25, 0.3) is 11.3 Å². The zero-order chi connectivity index (χ0) is 53.3. The number of aryl methyl sites for hydroxylation is 1. The molecule has 6 aliphatic rings. The van der Waals surface area contributed by atoms with Crippen molar-refractivity contribution in [3.05, 3.63) is 77.6 Å². The topological polar surface area (TPSA) is 205 Å². The average Bonchev–Trinajstić information content (AvgIpc) is 3.85. The van der Waals surface area contributed by atoms with E-state index < -0.39 is 23.6 Å². The molecule has 5 fully saturated rings. The van der Waals surface area contributed by atoms with Gasteiger partial charge in [-0.25, -0.2) is 9.97 Å². The van der Waals surface area contributed by atoms with Crippen molar-refractivity contribution in [1.82, 2.24) is 45.5 Å². The largest absolute Gasteiger partial charge is 0.507 e. The molecule has 18 nitrogen and oxygen atoms in total. The fourth-order valence-electron chi connectivity index (χ4n) is 12.9. The first kappa shape index (κ1) is 53.3. The molecule has 0 unspecified atom stereocenters. The molecule has 5 N–H and O–H groups in total. The standard InChI is InChI=1S/C58H80N12O6/c1-37-12-13-40(50(26-37)76-25-9-20-66(5)6)31-60-54(74)48-27-44(71)36-70(48)55(75)51(57(2,3)4)63-53(73)39-14-18-58(19-15-39)29-42(30-58)67-21-16-38(17-22-67)41-32-61-56(62-33-41)68-23-24-69-43(35-68)34-59-52-47(69)28-46(64-65-52)45-10-7-8-11-49(45)72/h7-8,10-13,26,28,32-33,38-39,42-44,48,51,71-72H,9,14-25,27,29-31,34-36H2,1-6H3,(H,59,65)(H,60,74)(H,63,73)/t39?,42?,43-,44+,48-,51+,58?/m0/s1. The second kappa shape index (κ2) is 22.5. The van der Waals surface area contributed by atoms with Gasteiger partial charge in [0.15, 0.2) is 5.82 Å². The second-order valence-electron chi connectivity index (χ2n) is 24.2. The van der Waals surface area contributed by atoms with E-state index in [1.807, 2.05) is 90.6 Å². The number of rotatable bonds is 15. The predicted octanol–water partition coefficient (Wildman–Crippen LogP) is 5.73. The number of amides is 3. The molecular weight excluding hydrogens is 961 g/mol. The van der Waals surface area contributed by atoms with Crippen molar-refractivity contribution in [2.24, 2.45) is 16.7 Å². The van der Waals surface area contributed by atoms with Gasteiger partial charge in [-0.2, -0.15) is 0 Å². The summed E-state index contributed by atoms with van der Waals surface area (Å²) in [6.07, 6.45) is 12.4. The highest BCUT2D eigenvalue weighted by atomic mass is 16.5. The Morgan fingerprint density at radius 2 is 1.67 bits per heavy atom. The Hall–Kier alpha value is -6.11. The van der Waals surface area contributed by atoms with E-state index in [1.165, 1.54) is 23.3 Å². The number of benzene rings is 2. The van der Waals surface area contributed by atoms with Crippen molar-refractivity contribution in [2.75, 3.05) is 88.2 Å². The number of anilines is 3. The number of ether oxygens (including phenoxy) is 1. The number of carbonyl (C=O) groups excluding carboxylic acids is 3. The van der Waals surface area contributed by atoms with Crippen molar-refractivity contribution in [1.29, 1.82) is 0 Å². The van der Waals surface area contributed by atoms with Gasteiger partial charge in [-0.05, 0) is 144 Å². The summed E-state index contributed by atoms with van der Waals surface area (Å²) in [5, 5.41) is 39.8. The molecule has 1 spiro atoms. The van der Waals surface area contributed by atoms with E-state index in [4.69, 9.17) is 14.7 Å². The Morgan fingerprint density at radius 3 is 2.39 bits per heavy atom. The summed E-state index contributed by atoms with van der Waals surface area (Å²) < 4.78 is 6.13. The Balaban J connectivity index is 0.664. The number of hydrogen-bond acceptors (Lipinski definition) is 15. The fourth-order valence-corrected chi connectivity index (χ4v) is 12.9. The molecule has 2 aromatic carbocycles. The molecule has 18 heteroatoms. The monoisotopic (exact) mass is 1040 g/mol. The van der Waals surface area contributed by atoms with E-state index in [-0.39, 0.29) is 60.4 Å². The number of phenols is 1. The van der Waals surface area contributed by atoms with Crippen LogP contribution in [-0.2, 0) is 20.9 Å². The van der Waals surface area contributed by atoms with E-state index in [1.54, 1.807) is 12.1 Å². The number of fused-ring (bicyclic) bond motifs is 3. The molecule has 10 rings (SSSR count). The molecule has 3 amide bonds. The van der Waals surface area contributed by atoms with Gasteiger partial charge in [0, 0.05) is 87.7 Å². The maximum absolute atomic E-state index is 14.4. The minimum absolute atomic E-state index is 0.0356. The minimum atomic E-state index is -0.856. The SMILES string of the molecule is Cc1ccc(CNC(=O)[C@@H]2C[C@@H](O)CN2C(=O)[C@@H](NC(=O)C2CCC3(CC2)CC(N2CCC(c4cnc(N5CCN6c7cc(-c8ccccc8O)nnc7NC[C@H]6C5)nc4)CC2)C3)C(C)(C)C)c(OCCCN(C)C)c1. The van der Waals surface area contributed by atoms with Crippen LogP contribution in [-0.4, -0.2) is 166 Å². The van der Waals surface area contributed by atoms with Gasteiger partial charge in [0.25, 0.3) is 0 Å². The number of nitrogens with one attached hydrogen (secondary N) is 3. The predicted molar refractivity (Wildman–Crippen MR) is 293 cm³/mol. The number of likely N-dealkylation sites (tertiary alicyclic amines) is 2. The summed E-state index contributed by atoms with van der Waals surface area (Å²) in [4.78, 5) is 63.1. The molecule has 408 valence electrons. The summed E-state index contributed by atoms with van der Waals surface area (Å²) >= 11 is 0. The number of piperazine rings is 1. The molecule has 6 heterocycles. The summed E-state index contributed by atoms with van der Waals surface area (Å²) in [6, 6.07) is 14.2. The maximum Gasteiger partial charge on any atom is 0.246 e. The fraction of sp³-hybridized carbons (Fsp3) is 0.603. The van der Waals surface area contributed by atoms with Gasteiger partial charge in [0.05, 0.1) is 30.1 Å². The van der Waals surface area contributed by atoms with E-state index in [9.17, 15) is 24.6 Å². The number of phenolic OH excluding ortho intramolecular Hbond substituents is 1. The number of aliphatic hydroxyl groups is 1. The van der Waals surface area contributed by atoms with E-state index in [2.05, 4.69) is 45.7 Å². The van der Waals surface area contributed by atoms with Gasteiger partial charge in [0.1, 0.15) is 23.6 Å².